The highest BCUT2D eigenvalue weighted by atomic mass is 16.3. The molecular weight excluding hydrogens is 236 g/mol. The van der Waals surface area contributed by atoms with Crippen LogP contribution in [-0.2, 0) is 0 Å². The summed E-state index contributed by atoms with van der Waals surface area (Å²) < 4.78 is 0. The maximum absolute atomic E-state index is 10.4. The van der Waals surface area contributed by atoms with Gasteiger partial charge in [0.1, 0.15) is 0 Å². The lowest BCUT2D eigenvalue weighted by Gasteiger charge is -2.30. The van der Waals surface area contributed by atoms with Crippen molar-refractivity contribution in [3.05, 3.63) is 29.8 Å². The first-order valence-corrected chi connectivity index (χ1v) is 7.33. The van der Waals surface area contributed by atoms with E-state index in [-0.39, 0.29) is 6.04 Å². The molecule has 3 heteroatoms. The summed E-state index contributed by atoms with van der Waals surface area (Å²) in [6.45, 7) is 2.81. The Labute approximate surface area is 116 Å². The monoisotopic (exact) mass is 262 g/mol. The predicted octanol–water partition coefficient (Wildman–Crippen LogP) is 2.84. The molecule has 106 valence electrons. The zero-order valence-corrected chi connectivity index (χ0v) is 12.1. The SMILES string of the molecule is CC[C@@H](N)c1ccc(N(C)CC2(O)CCCC2)cc1. The zero-order valence-electron chi connectivity index (χ0n) is 12.1. The molecule has 1 saturated carbocycles. The van der Waals surface area contributed by atoms with Crippen molar-refractivity contribution < 1.29 is 5.11 Å². The lowest BCUT2D eigenvalue weighted by molar-refractivity contribution is 0.0559. The number of nitrogens with two attached hydrogens (primary N) is 1. The summed E-state index contributed by atoms with van der Waals surface area (Å²) in [4.78, 5) is 2.15. The fourth-order valence-electron chi connectivity index (χ4n) is 2.94. The first-order chi connectivity index (χ1) is 9.04. The van der Waals surface area contributed by atoms with Crippen LogP contribution in [0.2, 0.25) is 0 Å². The Morgan fingerprint density at radius 2 is 1.84 bits per heavy atom. The van der Waals surface area contributed by atoms with Crippen molar-refractivity contribution >= 4 is 5.69 Å². The molecule has 1 fully saturated rings. The molecular formula is C16H26N2O. The van der Waals surface area contributed by atoms with E-state index in [4.69, 9.17) is 5.73 Å². The topological polar surface area (TPSA) is 49.5 Å². The highest BCUT2D eigenvalue weighted by molar-refractivity contribution is 5.47. The standard InChI is InChI=1S/C16H26N2O/c1-3-15(17)13-6-8-14(9-7-13)18(2)12-16(19)10-4-5-11-16/h6-9,15,19H,3-5,10-12,17H2,1-2H3/t15-/m1/s1. The van der Waals surface area contributed by atoms with Crippen molar-refractivity contribution in [2.75, 3.05) is 18.5 Å². The highest BCUT2D eigenvalue weighted by Gasteiger charge is 2.32. The second-order valence-corrected chi connectivity index (χ2v) is 5.89. The van der Waals surface area contributed by atoms with E-state index in [9.17, 15) is 5.11 Å². The van der Waals surface area contributed by atoms with Crippen LogP contribution in [0.5, 0.6) is 0 Å². The van der Waals surface area contributed by atoms with Crippen LogP contribution in [0.4, 0.5) is 5.69 Å². The Morgan fingerprint density at radius 3 is 2.37 bits per heavy atom. The molecule has 1 atom stereocenters. The summed E-state index contributed by atoms with van der Waals surface area (Å²) in [5.41, 5.74) is 7.85. The summed E-state index contributed by atoms with van der Waals surface area (Å²) in [6, 6.07) is 8.52. The minimum Gasteiger partial charge on any atom is -0.388 e. The van der Waals surface area contributed by atoms with Crippen LogP contribution in [0.15, 0.2) is 24.3 Å². The van der Waals surface area contributed by atoms with Crippen molar-refractivity contribution in [3.8, 4) is 0 Å². The number of hydrogen-bond donors (Lipinski definition) is 2. The van der Waals surface area contributed by atoms with Crippen molar-refractivity contribution in [1.29, 1.82) is 0 Å². The normalized spacial score (nSPS) is 19.4. The lowest BCUT2D eigenvalue weighted by Crippen LogP contribution is -2.39. The van der Waals surface area contributed by atoms with Gasteiger partial charge in [-0.05, 0) is 37.0 Å². The number of aliphatic hydroxyl groups is 1. The molecule has 1 aliphatic rings. The molecule has 19 heavy (non-hydrogen) atoms. The summed E-state index contributed by atoms with van der Waals surface area (Å²) >= 11 is 0. The quantitative estimate of drug-likeness (QED) is 0.858. The van der Waals surface area contributed by atoms with E-state index in [2.05, 4.69) is 36.1 Å². The Bertz CT molecular complexity index is 396. The average molecular weight is 262 g/mol. The van der Waals surface area contributed by atoms with Gasteiger partial charge < -0.3 is 15.7 Å². The van der Waals surface area contributed by atoms with Gasteiger partial charge in [0.15, 0.2) is 0 Å². The van der Waals surface area contributed by atoms with Crippen LogP contribution in [0, 0.1) is 0 Å². The average Bonchev–Trinajstić information content (AvgIpc) is 2.84. The minimum atomic E-state index is -0.493. The summed E-state index contributed by atoms with van der Waals surface area (Å²) in [5.74, 6) is 0. The molecule has 0 bridgehead atoms. The molecule has 1 aliphatic carbocycles. The Morgan fingerprint density at radius 1 is 1.26 bits per heavy atom. The first-order valence-electron chi connectivity index (χ1n) is 7.33. The number of rotatable bonds is 5. The molecule has 0 aromatic heterocycles. The van der Waals surface area contributed by atoms with Gasteiger partial charge in [-0.25, -0.2) is 0 Å². The van der Waals surface area contributed by atoms with Gasteiger partial charge in [0.2, 0.25) is 0 Å². The van der Waals surface area contributed by atoms with E-state index in [1.54, 1.807) is 0 Å². The van der Waals surface area contributed by atoms with Crippen LogP contribution in [-0.4, -0.2) is 24.3 Å². The van der Waals surface area contributed by atoms with E-state index in [0.717, 1.165) is 37.8 Å². The molecule has 1 aromatic carbocycles. The number of nitrogens with zero attached hydrogens (tertiary/aromatic N) is 1. The molecule has 0 amide bonds. The van der Waals surface area contributed by atoms with Crippen molar-refractivity contribution in [2.24, 2.45) is 5.73 Å². The summed E-state index contributed by atoms with van der Waals surface area (Å²) in [6.07, 6.45) is 5.10. The van der Waals surface area contributed by atoms with Crippen LogP contribution in [0.3, 0.4) is 0 Å². The maximum atomic E-state index is 10.4. The number of benzene rings is 1. The van der Waals surface area contributed by atoms with E-state index in [1.807, 2.05) is 7.05 Å². The van der Waals surface area contributed by atoms with Gasteiger partial charge in [0, 0.05) is 25.3 Å². The molecule has 1 aromatic rings. The lowest BCUT2D eigenvalue weighted by atomic mass is 10.0. The third-order valence-electron chi connectivity index (χ3n) is 4.27. The zero-order chi connectivity index (χ0) is 13.9. The van der Waals surface area contributed by atoms with E-state index >= 15 is 0 Å². The van der Waals surface area contributed by atoms with Crippen molar-refractivity contribution in [2.45, 2.75) is 50.7 Å². The summed E-state index contributed by atoms with van der Waals surface area (Å²) in [7, 11) is 2.05. The Kier molecular flexibility index (Phi) is 4.48. The Balaban J connectivity index is 2.01. The van der Waals surface area contributed by atoms with Crippen molar-refractivity contribution in [3.63, 3.8) is 0 Å². The number of hydrogen-bond acceptors (Lipinski definition) is 3. The fraction of sp³-hybridized carbons (Fsp3) is 0.625. The maximum Gasteiger partial charge on any atom is 0.0821 e. The van der Waals surface area contributed by atoms with Gasteiger partial charge in [0.05, 0.1) is 5.60 Å². The molecule has 3 nitrogen and oxygen atoms in total. The predicted molar refractivity (Wildman–Crippen MR) is 80.3 cm³/mol. The van der Waals surface area contributed by atoms with Gasteiger partial charge in [-0.15, -0.1) is 0 Å². The van der Waals surface area contributed by atoms with Gasteiger partial charge >= 0.3 is 0 Å². The second kappa shape index (κ2) is 5.93. The van der Waals surface area contributed by atoms with Gasteiger partial charge in [-0.3, -0.25) is 0 Å². The molecule has 0 aliphatic heterocycles. The van der Waals surface area contributed by atoms with Crippen LogP contribution >= 0.6 is 0 Å². The Hall–Kier alpha value is -1.06. The van der Waals surface area contributed by atoms with E-state index < -0.39 is 5.60 Å². The molecule has 0 radical (unpaired) electrons. The number of likely N-dealkylation sites (N-methyl/N-ethyl adjacent to an activating group) is 1. The highest BCUT2D eigenvalue weighted by Crippen LogP contribution is 2.31. The fourth-order valence-corrected chi connectivity index (χ4v) is 2.94. The van der Waals surface area contributed by atoms with Crippen LogP contribution < -0.4 is 10.6 Å². The minimum absolute atomic E-state index is 0.123. The molecule has 0 unspecified atom stereocenters. The van der Waals surface area contributed by atoms with Gasteiger partial charge in [-0.1, -0.05) is 31.9 Å². The van der Waals surface area contributed by atoms with Gasteiger partial charge in [-0.2, -0.15) is 0 Å². The third-order valence-corrected chi connectivity index (χ3v) is 4.27. The molecule has 0 spiro atoms. The van der Waals surface area contributed by atoms with E-state index in [0.29, 0.717) is 6.54 Å². The van der Waals surface area contributed by atoms with Gasteiger partial charge in [0.25, 0.3) is 0 Å². The van der Waals surface area contributed by atoms with Crippen LogP contribution in [0.25, 0.3) is 0 Å². The number of anilines is 1. The largest absolute Gasteiger partial charge is 0.388 e. The molecule has 0 heterocycles. The molecule has 3 N–H and O–H groups in total. The first kappa shape index (κ1) is 14.4. The molecule has 2 rings (SSSR count). The summed E-state index contributed by atoms with van der Waals surface area (Å²) in [5, 5.41) is 10.4. The van der Waals surface area contributed by atoms with Crippen LogP contribution in [0.1, 0.15) is 50.6 Å². The smallest absolute Gasteiger partial charge is 0.0821 e. The van der Waals surface area contributed by atoms with Crippen molar-refractivity contribution in [1.82, 2.24) is 0 Å². The molecule has 0 saturated heterocycles. The third kappa shape index (κ3) is 3.48. The van der Waals surface area contributed by atoms with E-state index in [1.165, 1.54) is 5.56 Å². The second-order valence-electron chi connectivity index (χ2n) is 5.89.